The van der Waals surface area contributed by atoms with Crippen molar-refractivity contribution in [1.82, 2.24) is 0 Å². The van der Waals surface area contributed by atoms with Gasteiger partial charge in [0.2, 0.25) is 0 Å². The largest absolute Gasteiger partial charge is 0.488 e. The number of hydrogen-bond acceptors (Lipinski definition) is 2. The van der Waals surface area contributed by atoms with Crippen LogP contribution in [0.1, 0.15) is 24.2 Å². The third-order valence-electron chi connectivity index (χ3n) is 2.82. The fourth-order valence-corrected chi connectivity index (χ4v) is 1.99. The number of hydrogen-bond donors (Lipinski definition) is 1. The molecule has 0 unspecified atom stereocenters. The molecule has 0 saturated carbocycles. The van der Waals surface area contributed by atoms with Crippen LogP contribution < -0.4 is 4.74 Å². The summed E-state index contributed by atoms with van der Waals surface area (Å²) >= 11 is 5.89. The first-order chi connectivity index (χ1) is 9.47. The van der Waals surface area contributed by atoms with E-state index in [1.807, 2.05) is 0 Å². The number of ether oxygens (including phenoxy) is 1. The van der Waals surface area contributed by atoms with Gasteiger partial charge in [-0.2, -0.15) is 0 Å². The fraction of sp³-hybridized carbons (Fsp3) is 0.200. The van der Waals surface area contributed by atoms with Crippen LogP contribution in [0.3, 0.4) is 0 Å². The van der Waals surface area contributed by atoms with E-state index in [1.165, 1.54) is 36.4 Å². The standard InChI is InChI=1S/C15H13ClF2O2/c1-9(19)13-5-4-12(18)7-15(13)20-8-10-2-3-11(17)6-14(10)16/h2-7,9,19H,8H2,1H3/t9-/m1/s1. The van der Waals surface area contributed by atoms with E-state index in [4.69, 9.17) is 16.3 Å². The highest BCUT2D eigenvalue weighted by Crippen LogP contribution is 2.27. The van der Waals surface area contributed by atoms with Crippen molar-refractivity contribution in [1.29, 1.82) is 0 Å². The van der Waals surface area contributed by atoms with Gasteiger partial charge in [-0.25, -0.2) is 8.78 Å². The van der Waals surface area contributed by atoms with Crippen LogP contribution in [-0.4, -0.2) is 5.11 Å². The second kappa shape index (κ2) is 6.20. The van der Waals surface area contributed by atoms with Gasteiger partial charge in [-0.15, -0.1) is 0 Å². The van der Waals surface area contributed by atoms with Gasteiger partial charge in [-0.05, 0) is 31.2 Å². The fourth-order valence-electron chi connectivity index (χ4n) is 1.77. The third-order valence-corrected chi connectivity index (χ3v) is 3.18. The van der Waals surface area contributed by atoms with Crippen LogP contribution in [-0.2, 0) is 6.61 Å². The normalized spacial score (nSPS) is 12.2. The molecule has 2 rings (SSSR count). The molecule has 0 aliphatic rings. The lowest BCUT2D eigenvalue weighted by molar-refractivity contribution is 0.190. The predicted octanol–water partition coefficient (Wildman–Crippen LogP) is 4.25. The lowest BCUT2D eigenvalue weighted by atomic mass is 10.1. The summed E-state index contributed by atoms with van der Waals surface area (Å²) in [5.41, 5.74) is 1.05. The van der Waals surface area contributed by atoms with E-state index in [2.05, 4.69) is 0 Å². The molecule has 0 aliphatic carbocycles. The van der Waals surface area contributed by atoms with Gasteiger partial charge in [-0.3, -0.25) is 0 Å². The van der Waals surface area contributed by atoms with Crippen molar-refractivity contribution in [3.63, 3.8) is 0 Å². The molecule has 1 atom stereocenters. The monoisotopic (exact) mass is 298 g/mol. The van der Waals surface area contributed by atoms with Crippen LogP contribution in [0, 0.1) is 11.6 Å². The highest BCUT2D eigenvalue weighted by Gasteiger charge is 2.11. The molecule has 5 heteroatoms. The van der Waals surface area contributed by atoms with Gasteiger partial charge in [0.1, 0.15) is 24.0 Å². The molecule has 0 heterocycles. The van der Waals surface area contributed by atoms with Gasteiger partial charge in [-0.1, -0.05) is 17.7 Å². The molecule has 0 fully saturated rings. The second-order valence-electron chi connectivity index (χ2n) is 4.38. The molecule has 2 aromatic carbocycles. The Balaban J connectivity index is 2.20. The quantitative estimate of drug-likeness (QED) is 0.914. The summed E-state index contributed by atoms with van der Waals surface area (Å²) in [6, 6.07) is 7.85. The molecule has 106 valence electrons. The first-order valence-corrected chi connectivity index (χ1v) is 6.39. The maximum Gasteiger partial charge on any atom is 0.128 e. The second-order valence-corrected chi connectivity index (χ2v) is 4.79. The van der Waals surface area contributed by atoms with Crippen molar-refractivity contribution in [2.45, 2.75) is 19.6 Å². The summed E-state index contributed by atoms with van der Waals surface area (Å²) in [4.78, 5) is 0. The summed E-state index contributed by atoms with van der Waals surface area (Å²) < 4.78 is 31.6. The molecule has 0 saturated heterocycles. The van der Waals surface area contributed by atoms with Crippen molar-refractivity contribution in [2.24, 2.45) is 0 Å². The van der Waals surface area contributed by atoms with Crippen LogP contribution in [0.2, 0.25) is 5.02 Å². The molecule has 0 spiro atoms. The van der Waals surface area contributed by atoms with Crippen LogP contribution in [0.5, 0.6) is 5.75 Å². The van der Waals surface area contributed by atoms with Gasteiger partial charge in [0.15, 0.2) is 0 Å². The molecule has 2 nitrogen and oxygen atoms in total. The number of aliphatic hydroxyl groups is 1. The Morgan fingerprint density at radius 2 is 1.80 bits per heavy atom. The van der Waals surface area contributed by atoms with E-state index < -0.39 is 17.7 Å². The summed E-state index contributed by atoms with van der Waals surface area (Å²) in [5.74, 6) is -0.663. The Hall–Kier alpha value is -1.65. The number of halogens is 3. The topological polar surface area (TPSA) is 29.5 Å². The smallest absolute Gasteiger partial charge is 0.128 e. The zero-order chi connectivity index (χ0) is 14.7. The minimum atomic E-state index is -0.783. The molecule has 0 radical (unpaired) electrons. The molecule has 1 N–H and O–H groups in total. The van der Waals surface area contributed by atoms with Crippen LogP contribution in [0.25, 0.3) is 0 Å². The Morgan fingerprint density at radius 3 is 2.45 bits per heavy atom. The number of benzene rings is 2. The summed E-state index contributed by atoms with van der Waals surface area (Å²) in [6.45, 7) is 1.62. The molecule has 2 aromatic rings. The average Bonchev–Trinajstić information content (AvgIpc) is 2.37. The molecular formula is C15H13ClF2O2. The van der Waals surface area contributed by atoms with Gasteiger partial charge in [0.05, 0.1) is 11.1 Å². The lowest BCUT2D eigenvalue weighted by Gasteiger charge is -2.14. The van der Waals surface area contributed by atoms with Gasteiger partial charge in [0, 0.05) is 17.2 Å². The zero-order valence-corrected chi connectivity index (χ0v) is 11.5. The summed E-state index contributed by atoms with van der Waals surface area (Å²) in [7, 11) is 0. The van der Waals surface area contributed by atoms with E-state index in [-0.39, 0.29) is 17.4 Å². The Morgan fingerprint density at radius 1 is 1.15 bits per heavy atom. The average molecular weight is 299 g/mol. The van der Waals surface area contributed by atoms with Gasteiger partial charge < -0.3 is 9.84 Å². The van der Waals surface area contributed by atoms with E-state index in [1.54, 1.807) is 6.92 Å². The van der Waals surface area contributed by atoms with Crippen molar-refractivity contribution in [3.05, 3.63) is 64.2 Å². The Labute approximate surface area is 120 Å². The molecular weight excluding hydrogens is 286 g/mol. The third kappa shape index (κ3) is 3.46. The van der Waals surface area contributed by atoms with Crippen molar-refractivity contribution in [2.75, 3.05) is 0 Å². The SMILES string of the molecule is C[C@@H](O)c1ccc(F)cc1OCc1ccc(F)cc1Cl. The lowest BCUT2D eigenvalue weighted by Crippen LogP contribution is -2.02. The van der Waals surface area contributed by atoms with Crippen LogP contribution >= 0.6 is 11.6 Å². The van der Waals surface area contributed by atoms with Crippen molar-refractivity contribution in [3.8, 4) is 5.75 Å². The summed E-state index contributed by atoms with van der Waals surface area (Å²) in [5, 5.41) is 9.84. The molecule has 0 aliphatic heterocycles. The maximum absolute atomic E-state index is 13.2. The Kier molecular flexibility index (Phi) is 4.57. The maximum atomic E-state index is 13.2. The molecule has 0 aromatic heterocycles. The zero-order valence-electron chi connectivity index (χ0n) is 10.7. The first-order valence-electron chi connectivity index (χ1n) is 6.01. The Bertz CT molecular complexity index is 615. The minimum Gasteiger partial charge on any atom is -0.488 e. The van der Waals surface area contributed by atoms with E-state index in [0.29, 0.717) is 11.1 Å². The van der Waals surface area contributed by atoms with Gasteiger partial charge in [0.25, 0.3) is 0 Å². The highest BCUT2D eigenvalue weighted by molar-refractivity contribution is 6.31. The number of rotatable bonds is 4. The van der Waals surface area contributed by atoms with E-state index in [0.717, 1.165) is 0 Å². The van der Waals surface area contributed by atoms with Gasteiger partial charge >= 0.3 is 0 Å². The van der Waals surface area contributed by atoms with Crippen LogP contribution in [0.15, 0.2) is 36.4 Å². The number of aliphatic hydroxyl groups excluding tert-OH is 1. The highest BCUT2D eigenvalue weighted by atomic mass is 35.5. The molecule has 20 heavy (non-hydrogen) atoms. The first kappa shape index (κ1) is 14.8. The van der Waals surface area contributed by atoms with E-state index >= 15 is 0 Å². The van der Waals surface area contributed by atoms with E-state index in [9.17, 15) is 13.9 Å². The summed E-state index contributed by atoms with van der Waals surface area (Å²) in [6.07, 6.45) is -0.783. The minimum absolute atomic E-state index is 0.0578. The predicted molar refractivity (Wildman–Crippen MR) is 72.8 cm³/mol. The van der Waals surface area contributed by atoms with Crippen LogP contribution in [0.4, 0.5) is 8.78 Å². The molecule has 0 bridgehead atoms. The molecule has 0 amide bonds. The van der Waals surface area contributed by atoms with Crippen molar-refractivity contribution < 1.29 is 18.6 Å². The van der Waals surface area contributed by atoms with Crippen molar-refractivity contribution >= 4 is 11.6 Å².